The topological polar surface area (TPSA) is 122 Å². The summed E-state index contributed by atoms with van der Waals surface area (Å²) in [7, 11) is 0. The molecule has 9 nitrogen and oxygen atoms in total. The molecule has 2 aliphatic heterocycles. The largest absolute Gasteiger partial charge is 0.390 e. The normalized spacial score (nSPS) is 45.0. The summed E-state index contributed by atoms with van der Waals surface area (Å²) in [6, 6.07) is 3.81. The Kier molecular flexibility index (Phi) is 9.58. The van der Waals surface area contributed by atoms with Crippen LogP contribution < -0.4 is 0 Å². The van der Waals surface area contributed by atoms with E-state index in [4.69, 9.17) is 14.2 Å². The van der Waals surface area contributed by atoms with Crippen LogP contribution in [-0.2, 0) is 25.4 Å². The van der Waals surface area contributed by atoms with Crippen LogP contribution in [-0.4, -0.2) is 93.2 Å². The van der Waals surface area contributed by atoms with Crippen molar-refractivity contribution >= 4 is 5.91 Å². The number of fused-ring (bicyclic) bond motifs is 5. The molecule has 1 aromatic heterocycles. The number of aliphatic hydroxyl groups is 3. The predicted octanol–water partition coefficient (Wildman–Crippen LogP) is 5.53. The summed E-state index contributed by atoms with van der Waals surface area (Å²) < 4.78 is 19.7. The number of amides is 1. The Bertz CT molecular complexity index is 1380. The van der Waals surface area contributed by atoms with E-state index in [9.17, 15) is 20.1 Å². The van der Waals surface area contributed by atoms with E-state index in [1.54, 1.807) is 26.2 Å². The monoisotopic (exact) mass is 696 g/mol. The molecule has 2 saturated heterocycles. The molecule has 3 N–H and O–H groups in total. The molecule has 2 bridgehead atoms. The highest BCUT2D eigenvalue weighted by Gasteiger charge is 2.74. The van der Waals surface area contributed by atoms with E-state index in [2.05, 4.69) is 39.6 Å². The molecule has 9 heteroatoms. The molecule has 13 unspecified atom stereocenters. The van der Waals surface area contributed by atoms with Crippen LogP contribution in [0.25, 0.3) is 0 Å². The highest BCUT2D eigenvalue weighted by atomic mass is 16.7. The van der Waals surface area contributed by atoms with Gasteiger partial charge in [0.2, 0.25) is 5.91 Å². The lowest BCUT2D eigenvalue weighted by Gasteiger charge is -2.66. The van der Waals surface area contributed by atoms with Crippen molar-refractivity contribution in [1.82, 2.24) is 9.88 Å². The van der Waals surface area contributed by atoms with Crippen molar-refractivity contribution in [2.45, 2.75) is 155 Å². The second-order valence-corrected chi connectivity index (χ2v) is 19.0. The van der Waals surface area contributed by atoms with Crippen molar-refractivity contribution in [2.75, 3.05) is 19.7 Å². The number of hydrogen-bond donors (Lipinski definition) is 3. The fourth-order valence-corrected chi connectivity index (χ4v) is 12.8. The van der Waals surface area contributed by atoms with Gasteiger partial charge in [-0.15, -0.1) is 0 Å². The number of carbonyl (C=O) groups is 1. The minimum absolute atomic E-state index is 0.0394. The first-order valence-electron chi connectivity index (χ1n) is 19.7. The average molecular weight is 697 g/mol. The lowest BCUT2D eigenvalue weighted by molar-refractivity contribution is -0.242. The molecule has 1 spiro atoms. The standard InChI is InChI=1S/C41H64N2O7/c1-25-20-28(35(45)38(4,5)47)49-34-33(25)39(6)15-16-41-14-8-11-30(37(2,3)27(22-41)12-13-29(41)40(39,7)36(34)46)50-32-24-43(18-19-48-32)31(44)21-26-10-9-17-42-23-26/h9-10,17,23,25,27-30,32-36,45-47H,8,11-16,18-22,24H2,1-7H3. The number of hydrogen-bond acceptors (Lipinski definition) is 8. The smallest absolute Gasteiger partial charge is 0.227 e. The SMILES string of the molecule is CC1CC(C(O)C(C)(C)O)OC2C1C1(C)CCC34CCCC(OC5CN(C(=O)Cc6cccnc6)CCO5)C(C)(C)C(CCC3C1(C)C2O)C4. The minimum atomic E-state index is -1.27. The third-order valence-electron chi connectivity index (χ3n) is 15.7. The molecule has 0 radical (unpaired) electrons. The van der Waals surface area contributed by atoms with Crippen molar-refractivity contribution < 1.29 is 34.3 Å². The zero-order valence-corrected chi connectivity index (χ0v) is 31.6. The number of aromatic nitrogens is 1. The molecule has 4 aliphatic carbocycles. The number of morpholine rings is 1. The van der Waals surface area contributed by atoms with Crippen LogP contribution in [0.2, 0.25) is 0 Å². The Morgan fingerprint density at radius 3 is 2.66 bits per heavy atom. The molecular weight excluding hydrogens is 632 g/mol. The molecule has 6 fully saturated rings. The fraction of sp³-hybridized carbons (Fsp3) is 0.854. The Balaban J connectivity index is 1.06. The summed E-state index contributed by atoms with van der Waals surface area (Å²) >= 11 is 0. The summed E-state index contributed by atoms with van der Waals surface area (Å²) in [6.45, 7) is 16.7. The molecule has 13 atom stereocenters. The van der Waals surface area contributed by atoms with Gasteiger partial charge in [0.05, 0.1) is 49.6 Å². The van der Waals surface area contributed by atoms with E-state index >= 15 is 0 Å². The minimum Gasteiger partial charge on any atom is -0.390 e. The van der Waals surface area contributed by atoms with Gasteiger partial charge in [-0.2, -0.15) is 0 Å². The van der Waals surface area contributed by atoms with Crippen molar-refractivity contribution in [2.24, 2.45) is 45.3 Å². The van der Waals surface area contributed by atoms with Gasteiger partial charge in [-0.3, -0.25) is 9.78 Å². The van der Waals surface area contributed by atoms with Crippen LogP contribution in [0.3, 0.4) is 0 Å². The molecule has 0 aromatic carbocycles. The van der Waals surface area contributed by atoms with E-state index in [-0.39, 0.29) is 51.6 Å². The van der Waals surface area contributed by atoms with E-state index in [0.29, 0.717) is 44.4 Å². The molecule has 1 aromatic rings. The molecule has 3 heterocycles. The molecule has 280 valence electrons. The van der Waals surface area contributed by atoms with Gasteiger partial charge in [-0.25, -0.2) is 0 Å². The summed E-state index contributed by atoms with van der Waals surface area (Å²) in [4.78, 5) is 19.2. The van der Waals surface area contributed by atoms with Crippen molar-refractivity contribution in [3.05, 3.63) is 30.1 Å². The Morgan fingerprint density at radius 2 is 1.94 bits per heavy atom. The fourth-order valence-electron chi connectivity index (χ4n) is 12.8. The lowest BCUT2D eigenvalue weighted by atomic mass is 9.39. The molecule has 1 amide bonds. The van der Waals surface area contributed by atoms with E-state index < -0.39 is 30.2 Å². The van der Waals surface area contributed by atoms with Crippen LogP contribution in [0.1, 0.15) is 112 Å². The molecule has 7 rings (SSSR count). The van der Waals surface area contributed by atoms with Crippen LogP contribution in [0, 0.1) is 45.3 Å². The third kappa shape index (κ3) is 5.89. The van der Waals surface area contributed by atoms with E-state index in [1.165, 1.54) is 6.42 Å². The first-order chi connectivity index (χ1) is 23.5. The second kappa shape index (κ2) is 13.0. The van der Waals surface area contributed by atoms with Gasteiger partial charge in [-0.05, 0) is 117 Å². The maximum atomic E-state index is 13.2. The number of carbonyl (C=O) groups excluding carboxylic acids is 1. The van der Waals surface area contributed by atoms with Crippen LogP contribution in [0.4, 0.5) is 0 Å². The molecule has 50 heavy (non-hydrogen) atoms. The van der Waals surface area contributed by atoms with Gasteiger partial charge < -0.3 is 34.4 Å². The van der Waals surface area contributed by atoms with Gasteiger partial charge >= 0.3 is 0 Å². The summed E-state index contributed by atoms with van der Waals surface area (Å²) in [6.07, 6.45) is 10.4. The van der Waals surface area contributed by atoms with Gasteiger partial charge in [-0.1, -0.05) is 47.1 Å². The van der Waals surface area contributed by atoms with E-state index in [0.717, 1.165) is 50.5 Å². The van der Waals surface area contributed by atoms with Crippen LogP contribution >= 0.6 is 0 Å². The number of ether oxygens (including phenoxy) is 3. The Labute approximate surface area is 299 Å². The lowest BCUT2D eigenvalue weighted by Crippen LogP contribution is -2.61. The third-order valence-corrected chi connectivity index (χ3v) is 15.7. The predicted molar refractivity (Wildman–Crippen MR) is 190 cm³/mol. The maximum Gasteiger partial charge on any atom is 0.227 e. The van der Waals surface area contributed by atoms with Gasteiger partial charge in [0.25, 0.3) is 0 Å². The van der Waals surface area contributed by atoms with Crippen molar-refractivity contribution in [3.63, 3.8) is 0 Å². The highest BCUT2D eigenvalue weighted by Crippen LogP contribution is 2.76. The number of nitrogens with zero attached hydrogens (tertiary/aromatic N) is 2. The number of pyridine rings is 1. The number of aliphatic hydroxyl groups excluding tert-OH is 2. The van der Waals surface area contributed by atoms with Gasteiger partial charge in [0.15, 0.2) is 6.29 Å². The van der Waals surface area contributed by atoms with Gasteiger partial charge in [0, 0.05) is 24.4 Å². The first kappa shape index (κ1) is 36.7. The highest BCUT2D eigenvalue weighted by molar-refractivity contribution is 5.78. The first-order valence-corrected chi connectivity index (χ1v) is 19.7. The zero-order valence-electron chi connectivity index (χ0n) is 31.6. The Morgan fingerprint density at radius 1 is 1.16 bits per heavy atom. The number of rotatable bonds is 6. The summed E-state index contributed by atoms with van der Waals surface area (Å²) in [5, 5.41) is 34.2. The van der Waals surface area contributed by atoms with Crippen LogP contribution in [0.15, 0.2) is 24.5 Å². The second-order valence-electron chi connectivity index (χ2n) is 19.0. The molecule has 6 aliphatic rings. The summed E-state index contributed by atoms with van der Waals surface area (Å²) in [5.74, 6) is 1.47. The Hall–Kier alpha value is -1.62. The molecular formula is C41H64N2O7. The van der Waals surface area contributed by atoms with Gasteiger partial charge in [0.1, 0.15) is 6.10 Å². The zero-order chi connectivity index (χ0) is 35.9. The average Bonchev–Trinajstić information content (AvgIpc) is 3.26. The van der Waals surface area contributed by atoms with Crippen molar-refractivity contribution in [1.29, 1.82) is 0 Å². The van der Waals surface area contributed by atoms with E-state index in [1.807, 2.05) is 17.0 Å². The van der Waals surface area contributed by atoms with Crippen molar-refractivity contribution in [3.8, 4) is 0 Å². The van der Waals surface area contributed by atoms with Crippen LogP contribution in [0.5, 0.6) is 0 Å². The molecule has 4 saturated carbocycles. The quantitative estimate of drug-likeness (QED) is 0.355. The maximum absolute atomic E-state index is 13.2. The summed E-state index contributed by atoms with van der Waals surface area (Å²) in [5.41, 5.74) is -0.603.